The van der Waals surface area contributed by atoms with Gasteiger partial charge < -0.3 is 4.90 Å². The van der Waals surface area contributed by atoms with Crippen LogP contribution in [0, 0.1) is 11.8 Å². The highest BCUT2D eigenvalue weighted by Crippen LogP contribution is 2.24. The quantitative estimate of drug-likeness (QED) is 0.728. The number of nitrogens with zero attached hydrogens (tertiary/aromatic N) is 3. The predicted octanol–water partition coefficient (Wildman–Crippen LogP) is 2.65. The molecule has 0 aliphatic carbocycles. The van der Waals surface area contributed by atoms with Crippen molar-refractivity contribution in [2.45, 2.75) is 24.4 Å². The van der Waals surface area contributed by atoms with Gasteiger partial charge in [0.05, 0.1) is 4.90 Å². The second-order valence-corrected chi connectivity index (χ2v) is 9.26. The van der Waals surface area contributed by atoms with E-state index >= 15 is 0 Å². The molecule has 0 spiro atoms. The van der Waals surface area contributed by atoms with Gasteiger partial charge in [-0.3, -0.25) is 4.90 Å². The van der Waals surface area contributed by atoms with Crippen LogP contribution in [0.25, 0.3) is 0 Å². The predicted molar refractivity (Wildman–Crippen MR) is 114 cm³/mol. The van der Waals surface area contributed by atoms with Gasteiger partial charge in [0.1, 0.15) is 6.04 Å². The number of benzene rings is 2. The third-order valence-electron chi connectivity index (χ3n) is 4.97. The Hall–Kier alpha value is -2.33. The molecule has 1 fully saturated rings. The van der Waals surface area contributed by atoms with Crippen LogP contribution in [0.2, 0.25) is 0 Å². The molecule has 148 valence electrons. The first kappa shape index (κ1) is 20.4. The standard InChI is InChI=1S/C22H27N3O2S/c1-4-8-21-18-24(17-19-9-6-5-7-10-19)15-16-25(21)20-11-13-22(14-12-20)28(26,27)23(2)3/h5-7,9-14,21H,15-18H2,1-3H3. The Balaban J connectivity index is 1.75. The molecule has 0 aromatic heterocycles. The number of sulfonamides is 1. The fourth-order valence-electron chi connectivity index (χ4n) is 3.44. The van der Waals surface area contributed by atoms with Gasteiger partial charge in [-0.05, 0) is 36.8 Å². The summed E-state index contributed by atoms with van der Waals surface area (Å²) < 4.78 is 25.8. The molecule has 1 aliphatic rings. The van der Waals surface area contributed by atoms with Crippen LogP contribution in [0.3, 0.4) is 0 Å². The summed E-state index contributed by atoms with van der Waals surface area (Å²) in [5.74, 6) is 6.37. The van der Waals surface area contributed by atoms with Crippen molar-refractivity contribution >= 4 is 15.7 Å². The minimum atomic E-state index is -3.41. The average molecular weight is 398 g/mol. The van der Waals surface area contributed by atoms with Crippen molar-refractivity contribution in [2.24, 2.45) is 0 Å². The molecule has 1 heterocycles. The lowest BCUT2D eigenvalue weighted by Crippen LogP contribution is -2.52. The van der Waals surface area contributed by atoms with E-state index in [1.54, 1.807) is 26.2 Å². The maximum Gasteiger partial charge on any atom is 0.242 e. The van der Waals surface area contributed by atoms with Crippen molar-refractivity contribution in [1.29, 1.82) is 0 Å². The highest BCUT2D eigenvalue weighted by Gasteiger charge is 2.26. The largest absolute Gasteiger partial charge is 0.355 e. The average Bonchev–Trinajstić information content (AvgIpc) is 2.69. The van der Waals surface area contributed by atoms with Crippen LogP contribution in [0.4, 0.5) is 5.69 Å². The van der Waals surface area contributed by atoms with Gasteiger partial charge in [0.15, 0.2) is 0 Å². The highest BCUT2D eigenvalue weighted by molar-refractivity contribution is 7.89. The van der Waals surface area contributed by atoms with Gasteiger partial charge in [0.25, 0.3) is 0 Å². The summed E-state index contributed by atoms with van der Waals surface area (Å²) in [4.78, 5) is 5.00. The third kappa shape index (κ3) is 4.56. The summed E-state index contributed by atoms with van der Waals surface area (Å²) in [6, 6.07) is 17.7. The Morgan fingerprint density at radius 2 is 1.71 bits per heavy atom. The Kier molecular flexibility index (Phi) is 6.40. The van der Waals surface area contributed by atoms with Gasteiger partial charge in [-0.1, -0.05) is 36.3 Å². The molecule has 0 radical (unpaired) electrons. The van der Waals surface area contributed by atoms with Crippen LogP contribution in [0.5, 0.6) is 0 Å². The first-order chi connectivity index (χ1) is 13.4. The summed E-state index contributed by atoms with van der Waals surface area (Å²) in [6.45, 7) is 5.42. The zero-order valence-corrected chi connectivity index (χ0v) is 17.5. The SMILES string of the molecule is CC#CC1CN(Cc2ccccc2)CCN1c1ccc(S(=O)(=O)N(C)C)cc1. The molecule has 1 saturated heterocycles. The zero-order valence-electron chi connectivity index (χ0n) is 16.7. The minimum absolute atomic E-state index is 0.0822. The zero-order chi connectivity index (χ0) is 20.1. The fraction of sp³-hybridized carbons (Fsp3) is 0.364. The Morgan fingerprint density at radius 3 is 2.32 bits per heavy atom. The van der Waals surface area contributed by atoms with Gasteiger partial charge in [0.2, 0.25) is 10.0 Å². The second kappa shape index (κ2) is 8.78. The third-order valence-corrected chi connectivity index (χ3v) is 6.80. The highest BCUT2D eigenvalue weighted by atomic mass is 32.2. The van der Waals surface area contributed by atoms with E-state index in [1.807, 2.05) is 25.1 Å². The molecule has 1 atom stereocenters. The van der Waals surface area contributed by atoms with Crippen LogP contribution in [0.15, 0.2) is 59.5 Å². The van der Waals surface area contributed by atoms with Gasteiger partial charge in [-0.25, -0.2) is 12.7 Å². The normalized spacial score (nSPS) is 18.0. The van der Waals surface area contributed by atoms with Crippen molar-refractivity contribution in [1.82, 2.24) is 9.21 Å². The Bertz CT molecular complexity index is 945. The monoisotopic (exact) mass is 397 g/mol. The lowest BCUT2D eigenvalue weighted by Gasteiger charge is -2.40. The summed E-state index contributed by atoms with van der Waals surface area (Å²) in [5, 5.41) is 0. The van der Waals surface area contributed by atoms with Crippen molar-refractivity contribution in [3.8, 4) is 11.8 Å². The van der Waals surface area contributed by atoms with Crippen LogP contribution < -0.4 is 4.90 Å². The van der Waals surface area contributed by atoms with E-state index < -0.39 is 10.0 Å². The molecule has 2 aromatic carbocycles. The van der Waals surface area contributed by atoms with Crippen LogP contribution in [0.1, 0.15) is 12.5 Å². The van der Waals surface area contributed by atoms with E-state index in [0.717, 1.165) is 31.9 Å². The molecular weight excluding hydrogens is 370 g/mol. The van der Waals surface area contributed by atoms with E-state index in [1.165, 1.54) is 9.87 Å². The molecule has 6 heteroatoms. The van der Waals surface area contributed by atoms with E-state index in [9.17, 15) is 8.42 Å². The first-order valence-electron chi connectivity index (χ1n) is 9.39. The molecule has 0 saturated carbocycles. The lowest BCUT2D eigenvalue weighted by molar-refractivity contribution is 0.232. The number of anilines is 1. The number of hydrogen-bond donors (Lipinski definition) is 0. The van der Waals surface area contributed by atoms with Gasteiger partial charge in [0, 0.05) is 46.0 Å². The van der Waals surface area contributed by atoms with Crippen molar-refractivity contribution in [2.75, 3.05) is 38.6 Å². The molecule has 0 N–H and O–H groups in total. The van der Waals surface area contributed by atoms with Crippen molar-refractivity contribution < 1.29 is 8.42 Å². The Morgan fingerprint density at radius 1 is 1.04 bits per heavy atom. The number of hydrogen-bond acceptors (Lipinski definition) is 4. The van der Waals surface area contributed by atoms with Gasteiger partial charge in [-0.15, -0.1) is 5.92 Å². The smallest absolute Gasteiger partial charge is 0.242 e. The van der Waals surface area contributed by atoms with Crippen LogP contribution >= 0.6 is 0 Å². The van der Waals surface area contributed by atoms with E-state index in [0.29, 0.717) is 4.90 Å². The summed E-state index contributed by atoms with van der Waals surface area (Å²) in [5.41, 5.74) is 2.31. The molecule has 5 nitrogen and oxygen atoms in total. The second-order valence-electron chi connectivity index (χ2n) is 7.11. The molecule has 1 unspecified atom stereocenters. The fourth-order valence-corrected chi connectivity index (χ4v) is 4.35. The first-order valence-corrected chi connectivity index (χ1v) is 10.8. The number of piperazine rings is 1. The maximum absolute atomic E-state index is 12.3. The van der Waals surface area contributed by atoms with Crippen molar-refractivity contribution in [3.05, 3.63) is 60.2 Å². The molecule has 28 heavy (non-hydrogen) atoms. The number of rotatable bonds is 5. The lowest BCUT2D eigenvalue weighted by atomic mass is 10.1. The van der Waals surface area contributed by atoms with Crippen molar-refractivity contribution in [3.63, 3.8) is 0 Å². The maximum atomic E-state index is 12.3. The molecule has 0 amide bonds. The molecule has 2 aromatic rings. The molecule has 3 rings (SSSR count). The summed E-state index contributed by atoms with van der Waals surface area (Å²) >= 11 is 0. The minimum Gasteiger partial charge on any atom is -0.355 e. The van der Waals surface area contributed by atoms with Gasteiger partial charge >= 0.3 is 0 Å². The summed E-state index contributed by atoms with van der Waals surface area (Å²) in [6.07, 6.45) is 0. The van der Waals surface area contributed by atoms with Crippen LogP contribution in [-0.2, 0) is 16.6 Å². The van der Waals surface area contributed by atoms with Crippen LogP contribution in [-0.4, -0.2) is 57.4 Å². The van der Waals surface area contributed by atoms with Gasteiger partial charge in [-0.2, -0.15) is 0 Å². The van der Waals surface area contributed by atoms with E-state index in [2.05, 4.69) is 45.9 Å². The topological polar surface area (TPSA) is 43.9 Å². The molecule has 1 aliphatic heterocycles. The molecule has 0 bridgehead atoms. The van der Waals surface area contributed by atoms with E-state index in [4.69, 9.17) is 0 Å². The summed E-state index contributed by atoms with van der Waals surface area (Å²) in [7, 11) is -0.325. The Labute approximate surface area is 168 Å². The molecular formula is C22H27N3O2S. The van der Waals surface area contributed by atoms with E-state index in [-0.39, 0.29) is 6.04 Å².